The van der Waals surface area contributed by atoms with Gasteiger partial charge in [0.05, 0.1) is 16.9 Å². The molecule has 0 aliphatic heterocycles. The number of nitriles is 1. The molecule has 0 aromatic heterocycles. The van der Waals surface area contributed by atoms with Crippen LogP contribution in [-0.2, 0) is 0 Å². The van der Waals surface area contributed by atoms with Crippen LogP contribution in [0.3, 0.4) is 0 Å². The lowest BCUT2D eigenvalue weighted by atomic mass is 10.2. The van der Waals surface area contributed by atoms with E-state index >= 15 is 0 Å². The minimum Gasteiger partial charge on any atom is -0.354 e. The maximum Gasteiger partial charge on any atom is 0.101 e. The fraction of sp³-hybridized carbons (Fsp3) is 0. The van der Waals surface area contributed by atoms with E-state index in [2.05, 4.69) is 65.8 Å². The second kappa shape index (κ2) is 6.04. The maximum absolute atomic E-state index is 9.09. The molecule has 0 saturated heterocycles. The van der Waals surface area contributed by atoms with Crippen molar-refractivity contribution < 1.29 is 0 Å². The summed E-state index contributed by atoms with van der Waals surface area (Å²) in [7, 11) is 0. The standard InChI is InChI=1S/C13H7Br2IN2/c14-9-2-1-8(7-17)12(5-9)18-13-6-10(15)3-4-11(13)16/h1-6,18H. The topological polar surface area (TPSA) is 35.8 Å². The lowest BCUT2D eigenvalue weighted by Gasteiger charge is -2.11. The number of anilines is 2. The molecule has 2 aromatic rings. The van der Waals surface area contributed by atoms with Gasteiger partial charge >= 0.3 is 0 Å². The fourth-order valence-corrected chi connectivity index (χ4v) is 2.65. The summed E-state index contributed by atoms with van der Waals surface area (Å²) in [6.45, 7) is 0. The van der Waals surface area contributed by atoms with Crippen LogP contribution in [0, 0.1) is 14.9 Å². The van der Waals surface area contributed by atoms with Gasteiger partial charge in [-0.3, -0.25) is 0 Å². The van der Waals surface area contributed by atoms with E-state index in [9.17, 15) is 0 Å². The van der Waals surface area contributed by atoms with Crippen molar-refractivity contribution >= 4 is 65.8 Å². The van der Waals surface area contributed by atoms with Crippen molar-refractivity contribution in [3.05, 3.63) is 54.5 Å². The van der Waals surface area contributed by atoms with Gasteiger partial charge in [0, 0.05) is 12.5 Å². The van der Waals surface area contributed by atoms with Gasteiger partial charge in [-0.15, -0.1) is 0 Å². The first-order valence-corrected chi connectivity index (χ1v) is 7.68. The Morgan fingerprint density at radius 2 is 1.61 bits per heavy atom. The third-order valence-electron chi connectivity index (χ3n) is 2.30. The summed E-state index contributed by atoms with van der Waals surface area (Å²) in [4.78, 5) is 0. The minimum absolute atomic E-state index is 0.619. The molecule has 0 radical (unpaired) electrons. The molecule has 0 aliphatic rings. The van der Waals surface area contributed by atoms with E-state index in [1.807, 2.05) is 30.3 Å². The summed E-state index contributed by atoms with van der Waals surface area (Å²) in [6.07, 6.45) is 0. The summed E-state index contributed by atoms with van der Waals surface area (Å²) in [5.41, 5.74) is 2.39. The Morgan fingerprint density at radius 1 is 1.00 bits per heavy atom. The number of hydrogen-bond acceptors (Lipinski definition) is 2. The molecule has 0 spiro atoms. The van der Waals surface area contributed by atoms with Crippen LogP contribution >= 0.6 is 54.5 Å². The lowest BCUT2D eigenvalue weighted by molar-refractivity contribution is 1.44. The number of rotatable bonds is 2. The molecule has 1 N–H and O–H groups in total. The number of nitrogens with zero attached hydrogens (tertiary/aromatic N) is 1. The third kappa shape index (κ3) is 3.25. The normalized spacial score (nSPS) is 9.89. The molecule has 0 aliphatic carbocycles. The molecule has 0 amide bonds. The molecule has 0 heterocycles. The van der Waals surface area contributed by atoms with Crippen molar-refractivity contribution in [2.75, 3.05) is 5.32 Å². The van der Waals surface area contributed by atoms with Gasteiger partial charge in [0.2, 0.25) is 0 Å². The second-order valence-electron chi connectivity index (χ2n) is 3.55. The Hall–Kier alpha value is -0.580. The molecule has 2 rings (SSSR count). The van der Waals surface area contributed by atoms with E-state index in [-0.39, 0.29) is 0 Å². The molecule has 0 unspecified atom stereocenters. The van der Waals surface area contributed by atoms with Gasteiger partial charge in [-0.2, -0.15) is 5.26 Å². The van der Waals surface area contributed by atoms with Gasteiger partial charge < -0.3 is 5.32 Å². The summed E-state index contributed by atoms with van der Waals surface area (Å²) in [5, 5.41) is 12.4. The molecular weight excluding hydrogens is 471 g/mol. The number of nitrogens with one attached hydrogen (secondary N) is 1. The second-order valence-corrected chi connectivity index (χ2v) is 6.54. The summed E-state index contributed by atoms with van der Waals surface area (Å²) in [6, 6.07) is 13.7. The summed E-state index contributed by atoms with van der Waals surface area (Å²) in [5.74, 6) is 0. The highest BCUT2D eigenvalue weighted by Crippen LogP contribution is 2.29. The first kappa shape index (κ1) is 13.8. The van der Waals surface area contributed by atoms with Crippen LogP contribution in [-0.4, -0.2) is 0 Å². The zero-order valence-corrected chi connectivity index (χ0v) is 14.4. The van der Waals surface area contributed by atoms with Crippen molar-refractivity contribution in [2.45, 2.75) is 0 Å². The molecule has 0 atom stereocenters. The summed E-state index contributed by atoms with van der Waals surface area (Å²) < 4.78 is 3.03. The van der Waals surface area contributed by atoms with Crippen LogP contribution < -0.4 is 5.32 Å². The highest BCUT2D eigenvalue weighted by Gasteiger charge is 2.06. The van der Waals surface area contributed by atoms with E-state index in [0.29, 0.717) is 5.56 Å². The zero-order valence-electron chi connectivity index (χ0n) is 9.05. The van der Waals surface area contributed by atoms with E-state index in [1.165, 1.54) is 0 Å². The van der Waals surface area contributed by atoms with Crippen LogP contribution in [0.25, 0.3) is 0 Å². The molecule has 90 valence electrons. The predicted molar refractivity (Wildman–Crippen MR) is 89.0 cm³/mol. The highest BCUT2D eigenvalue weighted by atomic mass is 127. The average Bonchev–Trinajstić information content (AvgIpc) is 2.34. The smallest absolute Gasteiger partial charge is 0.101 e. The van der Waals surface area contributed by atoms with Crippen molar-refractivity contribution in [1.29, 1.82) is 5.26 Å². The first-order chi connectivity index (χ1) is 8.60. The fourth-order valence-electron chi connectivity index (χ4n) is 1.46. The van der Waals surface area contributed by atoms with E-state index < -0.39 is 0 Å². The van der Waals surface area contributed by atoms with Crippen molar-refractivity contribution in [2.24, 2.45) is 0 Å². The lowest BCUT2D eigenvalue weighted by Crippen LogP contribution is -1.96. The SMILES string of the molecule is N#Cc1ccc(Br)cc1Nc1cc(Br)ccc1I. The molecule has 0 fully saturated rings. The first-order valence-electron chi connectivity index (χ1n) is 5.02. The van der Waals surface area contributed by atoms with Crippen LogP contribution in [0.5, 0.6) is 0 Å². The van der Waals surface area contributed by atoms with E-state index in [1.54, 1.807) is 6.07 Å². The van der Waals surface area contributed by atoms with Gasteiger partial charge in [-0.25, -0.2) is 0 Å². The van der Waals surface area contributed by atoms with Gasteiger partial charge in [-0.05, 0) is 59.0 Å². The van der Waals surface area contributed by atoms with Crippen molar-refractivity contribution in [3.8, 4) is 6.07 Å². The minimum atomic E-state index is 0.619. The Labute approximate surface area is 136 Å². The number of halogens is 3. The van der Waals surface area contributed by atoms with Crippen LogP contribution in [0.2, 0.25) is 0 Å². The van der Waals surface area contributed by atoms with Gasteiger partial charge in [0.1, 0.15) is 6.07 Å². The largest absolute Gasteiger partial charge is 0.354 e. The molecule has 0 saturated carbocycles. The maximum atomic E-state index is 9.09. The van der Waals surface area contributed by atoms with Gasteiger partial charge in [-0.1, -0.05) is 31.9 Å². The molecule has 5 heteroatoms. The van der Waals surface area contributed by atoms with Crippen LogP contribution in [0.15, 0.2) is 45.3 Å². The molecular formula is C13H7Br2IN2. The summed E-state index contributed by atoms with van der Waals surface area (Å²) >= 11 is 9.11. The molecule has 2 nitrogen and oxygen atoms in total. The Bertz CT molecular complexity index is 635. The monoisotopic (exact) mass is 476 g/mol. The third-order valence-corrected chi connectivity index (χ3v) is 4.23. The Kier molecular flexibility index (Phi) is 4.65. The zero-order chi connectivity index (χ0) is 13.1. The van der Waals surface area contributed by atoms with E-state index in [0.717, 1.165) is 23.9 Å². The molecule has 18 heavy (non-hydrogen) atoms. The Balaban J connectivity index is 2.43. The highest BCUT2D eigenvalue weighted by molar-refractivity contribution is 14.1. The number of benzene rings is 2. The van der Waals surface area contributed by atoms with Gasteiger partial charge in [0.25, 0.3) is 0 Å². The van der Waals surface area contributed by atoms with Gasteiger partial charge in [0.15, 0.2) is 0 Å². The number of hydrogen-bond donors (Lipinski definition) is 1. The average molecular weight is 478 g/mol. The van der Waals surface area contributed by atoms with Crippen molar-refractivity contribution in [3.63, 3.8) is 0 Å². The molecule has 0 bridgehead atoms. The van der Waals surface area contributed by atoms with Crippen LogP contribution in [0.1, 0.15) is 5.56 Å². The quantitative estimate of drug-likeness (QED) is 0.585. The predicted octanol–water partition coefficient (Wildman–Crippen LogP) is 5.43. The van der Waals surface area contributed by atoms with Crippen molar-refractivity contribution in [1.82, 2.24) is 0 Å². The van der Waals surface area contributed by atoms with E-state index in [4.69, 9.17) is 5.26 Å². The Morgan fingerprint density at radius 3 is 2.28 bits per heavy atom. The molecule has 2 aromatic carbocycles. The van der Waals surface area contributed by atoms with Crippen LogP contribution in [0.4, 0.5) is 11.4 Å².